The molecule has 0 aliphatic rings. The van der Waals surface area contributed by atoms with Crippen LogP contribution in [0.25, 0.3) is 0 Å². The lowest BCUT2D eigenvalue weighted by atomic mass is 10.2. The highest BCUT2D eigenvalue weighted by Crippen LogP contribution is 2.05. The van der Waals surface area contributed by atoms with Gasteiger partial charge in [-0.15, -0.1) is 0 Å². The third-order valence-electron chi connectivity index (χ3n) is 2.47. The monoisotopic (exact) mass is 300 g/mol. The van der Waals surface area contributed by atoms with E-state index in [1.54, 1.807) is 12.1 Å². The first kappa shape index (κ1) is 16.4. The predicted octanol–water partition coefficient (Wildman–Crippen LogP) is 0.312. The molecular weight excluding hydrogens is 280 g/mol. The highest BCUT2D eigenvalue weighted by Gasteiger charge is 2.07. The van der Waals surface area contributed by atoms with Crippen LogP contribution in [0.4, 0.5) is 5.82 Å². The fourth-order valence-corrected chi connectivity index (χ4v) is 2.01. The molecule has 0 aromatic carbocycles. The number of aromatic nitrogens is 1. The van der Waals surface area contributed by atoms with Gasteiger partial charge in [-0.05, 0) is 25.0 Å². The summed E-state index contributed by atoms with van der Waals surface area (Å²) < 4.78 is 21.4. The van der Waals surface area contributed by atoms with Crippen molar-refractivity contribution in [2.45, 2.75) is 19.8 Å². The highest BCUT2D eigenvalue weighted by atomic mass is 32.2. The first-order valence-corrected chi connectivity index (χ1v) is 8.12. The normalized spacial score (nSPS) is 11.1. The van der Waals surface area contributed by atoms with E-state index in [2.05, 4.69) is 22.5 Å². The number of nitrogens with two attached hydrogens (primary N) is 1. The van der Waals surface area contributed by atoms with Crippen LogP contribution in [0.1, 0.15) is 30.1 Å². The summed E-state index contributed by atoms with van der Waals surface area (Å²) >= 11 is 0. The van der Waals surface area contributed by atoms with Crippen LogP contribution in [-0.4, -0.2) is 38.2 Å². The number of anilines is 1. The molecule has 0 unspecified atom stereocenters. The molecule has 20 heavy (non-hydrogen) atoms. The Morgan fingerprint density at radius 1 is 1.35 bits per heavy atom. The number of sulfonamides is 1. The lowest BCUT2D eigenvalue weighted by Crippen LogP contribution is -2.27. The molecule has 0 aliphatic carbocycles. The van der Waals surface area contributed by atoms with Crippen LogP contribution in [0.5, 0.6) is 0 Å². The molecule has 1 aromatic heterocycles. The molecule has 0 bridgehead atoms. The van der Waals surface area contributed by atoms with Crippen LogP contribution in [0.15, 0.2) is 18.3 Å². The van der Waals surface area contributed by atoms with E-state index in [9.17, 15) is 13.2 Å². The molecule has 7 nitrogen and oxygen atoms in total. The molecule has 4 N–H and O–H groups in total. The van der Waals surface area contributed by atoms with Crippen molar-refractivity contribution in [2.75, 3.05) is 24.2 Å². The molecule has 0 aliphatic heterocycles. The van der Waals surface area contributed by atoms with Crippen molar-refractivity contribution >= 4 is 21.7 Å². The van der Waals surface area contributed by atoms with Gasteiger partial charge in [-0.1, -0.05) is 6.92 Å². The minimum absolute atomic E-state index is 0.147. The Labute approximate surface area is 119 Å². The van der Waals surface area contributed by atoms with Gasteiger partial charge in [-0.2, -0.15) is 0 Å². The van der Waals surface area contributed by atoms with Gasteiger partial charge in [0, 0.05) is 19.3 Å². The molecule has 0 saturated heterocycles. The van der Waals surface area contributed by atoms with E-state index in [1.165, 1.54) is 6.20 Å². The second-order valence-corrected chi connectivity index (χ2v) is 6.07. The van der Waals surface area contributed by atoms with Crippen molar-refractivity contribution in [3.8, 4) is 0 Å². The standard InChI is InChI=1S/C12H20N4O3S/c1-2-6-14-11-5-4-10(9-16-11)12(17)15-7-3-8-20(13,18)19/h4-5,9H,2-3,6-8H2,1H3,(H,14,16)(H,15,17)(H2,13,18,19). The van der Waals surface area contributed by atoms with Gasteiger partial charge < -0.3 is 10.6 Å². The Kier molecular flexibility index (Phi) is 6.40. The predicted molar refractivity (Wildman–Crippen MR) is 77.9 cm³/mol. The minimum Gasteiger partial charge on any atom is -0.370 e. The second-order valence-electron chi connectivity index (χ2n) is 4.34. The van der Waals surface area contributed by atoms with Gasteiger partial charge in [-0.25, -0.2) is 18.5 Å². The first-order chi connectivity index (χ1) is 9.42. The van der Waals surface area contributed by atoms with Gasteiger partial charge in [0.25, 0.3) is 5.91 Å². The van der Waals surface area contributed by atoms with Crippen molar-refractivity contribution in [1.29, 1.82) is 0 Å². The number of carbonyl (C=O) groups excluding carboxylic acids is 1. The van der Waals surface area contributed by atoms with Crippen LogP contribution < -0.4 is 15.8 Å². The Hall–Kier alpha value is -1.67. The van der Waals surface area contributed by atoms with Crippen molar-refractivity contribution in [3.63, 3.8) is 0 Å². The second kappa shape index (κ2) is 7.81. The Morgan fingerprint density at radius 3 is 2.65 bits per heavy atom. The lowest BCUT2D eigenvalue weighted by molar-refractivity contribution is 0.0953. The van der Waals surface area contributed by atoms with Crippen LogP contribution in [0.3, 0.4) is 0 Å². The summed E-state index contributed by atoms with van der Waals surface area (Å²) in [5, 5.41) is 10.6. The average molecular weight is 300 g/mol. The lowest BCUT2D eigenvalue weighted by Gasteiger charge is -2.06. The van der Waals surface area contributed by atoms with E-state index in [-0.39, 0.29) is 24.6 Å². The van der Waals surface area contributed by atoms with Gasteiger partial charge in [0.05, 0.1) is 11.3 Å². The molecule has 112 valence electrons. The van der Waals surface area contributed by atoms with Crippen LogP contribution >= 0.6 is 0 Å². The number of primary sulfonamides is 1. The molecule has 1 heterocycles. The number of amides is 1. The smallest absolute Gasteiger partial charge is 0.252 e. The average Bonchev–Trinajstić information content (AvgIpc) is 2.40. The summed E-state index contributed by atoms with van der Waals surface area (Å²) in [7, 11) is -3.47. The molecule has 0 radical (unpaired) electrons. The molecule has 1 rings (SSSR count). The topological polar surface area (TPSA) is 114 Å². The number of pyridine rings is 1. The number of nitrogens with one attached hydrogen (secondary N) is 2. The highest BCUT2D eigenvalue weighted by molar-refractivity contribution is 7.89. The van der Waals surface area contributed by atoms with Gasteiger partial charge in [0.1, 0.15) is 5.82 Å². The summed E-state index contributed by atoms with van der Waals surface area (Å²) in [5.41, 5.74) is 0.433. The number of carbonyl (C=O) groups is 1. The third kappa shape index (κ3) is 6.48. The molecule has 0 spiro atoms. The maximum atomic E-state index is 11.7. The quantitative estimate of drug-likeness (QED) is 0.598. The van der Waals surface area contributed by atoms with E-state index in [0.717, 1.165) is 18.8 Å². The summed E-state index contributed by atoms with van der Waals surface area (Å²) in [6.45, 7) is 3.13. The molecule has 1 aromatic rings. The first-order valence-electron chi connectivity index (χ1n) is 6.41. The van der Waals surface area contributed by atoms with Crippen LogP contribution in [0.2, 0.25) is 0 Å². The minimum atomic E-state index is -3.47. The zero-order valence-electron chi connectivity index (χ0n) is 11.4. The molecule has 0 atom stereocenters. The van der Waals surface area contributed by atoms with Crippen LogP contribution in [0, 0.1) is 0 Å². The maximum absolute atomic E-state index is 11.7. The number of rotatable bonds is 8. The number of hydrogen-bond acceptors (Lipinski definition) is 5. The van der Waals surface area contributed by atoms with E-state index in [0.29, 0.717) is 5.56 Å². The zero-order chi connectivity index (χ0) is 15.0. The zero-order valence-corrected chi connectivity index (χ0v) is 12.2. The van der Waals surface area contributed by atoms with E-state index in [1.807, 2.05) is 0 Å². The number of nitrogens with zero attached hydrogens (tertiary/aromatic N) is 1. The molecule has 1 amide bonds. The fourth-order valence-electron chi connectivity index (χ4n) is 1.46. The van der Waals surface area contributed by atoms with Crippen molar-refractivity contribution in [1.82, 2.24) is 10.3 Å². The van der Waals surface area contributed by atoms with E-state index < -0.39 is 10.0 Å². The Bertz CT molecular complexity index is 528. The summed E-state index contributed by atoms with van der Waals surface area (Å²) in [6.07, 6.45) is 2.76. The summed E-state index contributed by atoms with van der Waals surface area (Å²) in [5.74, 6) is 0.289. The summed E-state index contributed by atoms with van der Waals surface area (Å²) in [6, 6.07) is 3.40. The van der Waals surface area contributed by atoms with Gasteiger partial charge in [0.15, 0.2) is 0 Å². The Balaban J connectivity index is 2.39. The number of hydrogen-bond donors (Lipinski definition) is 3. The molecule has 8 heteroatoms. The molecule has 0 fully saturated rings. The summed E-state index contributed by atoms with van der Waals surface area (Å²) in [4.78, 5) is 15.9. The maximum Gasteiger partial charge on any atom is 0.252 e. The SMILES string of the molecule is CCCNc1ccc(C(=O)NCCCS(N)(=O)=O)cn1. The van der Waals surface area contributed by atoms with E-state index >= 15 is 0 Å². The van der Waals surface area contributed by atoms with Crippen molar-refractivity contribution < 1.29 is 13.2 Å². The molecule has 0 saturated carbocycles. The van der Waals surface area contributed by atoms with Gasteiger partial charge in [0.2, 0.25) is 10.0 Å². The third-order valence-corrected chi connectivity index (χ3v) is 3.33. The van der Waals surface area contributed by atoms with Crippen molar-refractivity contribution in [2.24, 2.45) is 5.14 Å². The Morgan fingerprint density at radius 2 is 2.10 bits per heavy atom. The van der Waals surface area contributed by atoms with E-state index in [4.69, 9.17) is 5.14 Å². The van der Waals surface area contributed by atoms with Crippen LogP contribution in [-0.2, 0) is 10.0 Å². The van der Waals surface area contributed by atoms with Gasteiger partial charge >= 0.3 is 0 Å². The fraction of sp³-hybridized carbons (Fsp3) is 0.500. The van der Waals surface area contributed by atoms with Crippen molar-refractivity contribution in [3.05, 3.63) is 23.9 Å². The molecular formula is C12H20N4O3S. The van der Waals surface area contributed by atoms with Gasteiger partial charge in [-0.3, -0.25) is 4.79 Å². The largest absolute Gasteiger partial charge is 0.370 e.